The Kier molecular flexibility index (Phi) is 3.96. The number of amides is 1. The Hall–Kier alpha value is -1.95. The topological polar surface area (TPSA) is 99.5 Å². The van der Waals surface area contributed by atoms with E-state index in [0.29, 0.717) is 0 Å². The van der Waals surface area contributed by atoms with Crippen molar-refractivity contribution in [2.75, 3.05) is 0 Å². The number of aliphatic hydroxyl groups excluding tert-OH is 1. The summed E-state index contributed by atoms with van der Waals surface area (Å²) in [5.41, 5.74) is 0.245. The standard InChI is InChI=1S/C10H12N2O4/c1-6(13)8(10(15)16)12-9(14)7-3-2-4-11-5-7/h2-6,8,13H,1H3,(H,12,14)(H,15,16)/t6-,8-/m1/s1. The van der Waals surface area contributed by atoms with Gasteiger partial charge in [0.15, 0.2) is 6.04 Å². The van der Waals surface area contributed by atoms with Gasteiger partial charge < -0.3 is 15.5 Å². The molecule has 6 heteroatoms. The molecule has 0 aliphatic heterocycles. The van der Waals surface area contributed by atoms with E-state index in [2.05, 4.69) is 10.3 Å². The van der Waals surface area contributed by atoms with Crippen LogP contribution in [0.4, 0.5) is 0 Å². The van der Waals surface area contributed by atoms with Crippen LogP contribution in [-0.4, -0.2) is 39.2 Å². The maximum absolute atomic E-state index is 11.5. The average Bonchev–Trinajstić information content (AvgIpc) is 2.25. The number of carboxylic acid groups (broad SMARTS) is 1. The minimum atomic E-state index is -1.33. The normalized spacial score (nSPS) is 13.9. The minimum absolute atomic E-state index is 0.245. The van der Waals surface area contributed by atoms with Gasteiger partial charge in [-0.05, 0) is 19.1 Å². The van der Waals surface area contributed by atoms with Crippen molar-refractivity contribution < 1.29 is 19.8 Å². The highest BCUT2D eigenvalue weighted by Gasteiger charge is 2.25. The van der Waals surface area contributed by atoms with Crippen molar-refractivity contribution in [1.29, 1.82) is 0 Å². The maximum atomic E-state index is 11.5. The summed E-state index contributed by atoms with van der Waals surface area (Å²) in [5, 5.41) is 20.1. The van der Waals surface area contributed by atoms with E-state index in [1.54, 1.807) is 6.07 Å². The molecule has 1 aromatic rings. The van der Waals surface area contributed by atoms with Gasteiger partial charge in [-0.3, -0.25) is 9.78 Å². The van der Waals surface area contributed by atoms with Crippen molar-refractivity contribution in [3.05, 3.63) is 30.1 Å². The molecule has 0 aliphatic carbocycles. The molecule has 86 valence electrons. The van der Waals surface area contributed by atoms with Gasteiger partial charge in [-0.25, -0.2) is 4.79 Å². The number of carboxylic acids is 1. The van der Waals surface area contributed by atoms with Crippen LogP contribution in [0.15, 0.2) is 24.5 Å². The second kappa shape index (κ2) is 5.22. The van der Waals surface area contributed by atoms with Gasteiger partial charge in [0.1, 0.15) is 0 Å². The Morgan fingerprint density at radius 2 is 2.19 bits per heavy atom. The van der Waals surface area contributed by atoms with E-state index in [0.717, 1.165) is 0 Å². The summed E-state index contributed by atoms with van der Waals surface area (Å²) in [6.45, 7) is 1.29. The van der Waals surface area contributed by atoms with Gasteiger partial charge >= 0.3 is 5.97 Å². The highest BCUT2D eigenvalue weighted by molar-refractivity contribution is 5.96. The van der Waals surface area contributed by atoms with Crippen molar-refractivity contribution in [2.24, 2.45) is 0 Å². The monoisotopic (exact) mass is 224 g/mol. The van der Waals surface area contributed by atoms with Crippen molar-refractivity contribution in [3.63, 3.8) is 0 Å². The Morgan fingerprint density at radius 1 is 1.50 bits per heavy atom. The molecule has 2 atom stereocenters. The molecule has 0 unspecified atom stereocenters. The van der Waals surface area contributed by atoms with Gasteiger partial charge in [0.2, 0.25) is 0 Å². The largest absolute Gasteiger partial charge is 0.480 e. The number of nitrogens with zero attached hydrogens (tertiary/aromatic N) is 1. The zero-order valence-corrected chi connectivity index (χ0v) is 8.62. The number of aliphatic hydroxyl groups is 1. The molecule has 3 N–H and O–H groups in total. The van der Waals surface area contributed by atoms with E-state index in [1.165, 1.54) is 25.4 Å². The first-order chi connectivity index (χ1) is 7.52. The number of hydrogen-bond acceptors (Lipinski definition) is 4. The number of hydrogen-bond donors (Lipinski definition) is 3. The van der Waals surface area contributed by atoms with E-state index in [-0.39, 0.29) is 5.56 Å². The highest BCUT2D eigenvalue weighted by atomic mass is 16.4. The van der Waals surface area contributed by atoms with Gasteiger partial charge in [-0.2, -0.15) is 0 Å². The zero-order chi connectivity index (χ0) is 12.1. The fraction of sp³-hybridized carbons (Fsp3) is 0.300. The molecule has 0 saturated carbocycles. The van der Waals surface area contributed by atoms with Crippen LogP contribution in [-0.2, 0) is 4.79 Å². The average molecular weight is 224 g/mol. The number of carbonyl (C=O) groups excluding carboxylic acids is 1. The molecule has 0 saturated heterocycles. The lowest BCUT2D eigenvalue weighted by Gasteiger charge is -2.16. The van der Waals surface area contributed by atoms with Crippen molar-refractivity contribution in [2.45, 2.75) is 19.1 Å². The third kappa shape index (κ3) is 3.03. The molecular formula is C10H12N2O4. The molecule has 0 spiro atoms. The first kappa shape index (κ1) is 12.1. The molecule has 1 aromatic heterocycles. The Bertz CT molecular complexity index is 378. The van der Waals surface area contributed by atoms with E-state index >= 15 is 0 Å². The summed E-state index contributed by atoms with van der Waals surface area (Å²) in [6, 6.07) is 1.74. The second-order valence-corrected chi connectivity index (χ2v) is 3.27. The van der Waals surface area contributed by atoms with Crippen molar-refractivity contribution in [3.8, 4) is 0 Å². The lowest BCUT2D eigenvalue weighted by Crippen LogP contribution is -2.47. The van der Waals surface area contributed by atoms with Crippen LogP contribution >= 0.6 is 0 Å². The summed E-state index contributed by atoms with van der Waals surface area (Å²) in [6.07, 6.45) is 1.65. The Balaban J connectivity index is 2.74. The molecule has 0 bridgehead atoms. The summed E-state index contributed by atoms with van der Waals surface area (Å²) in [4.78, 5) is 26.0. The molecule has 1 amide bonds. The second-order valence-electron chi connectivity index (χ2n) is 3.27. The molecule has 0 aliphatic rings. The molecule has 1 rings (SSSR count). The molecule has 1 heterocycles. The Morgan fingerprint density at radius 3 is 2.62 bits per heavy atom. The van der Waals surface area contributed by atoms with Crippen LogP contribution in [0, 0.1) is 0 Å². The number of rotatable bonds is 4. The SMILES string of the molecule is C[C@@H](O)[C@@H](NC(=O)c1cccnc1)C(=O)O. The summed E-state index contributed by atoms with van der Waals surface area (Å²) in [5.74, 6) is -1.87. The lowest BCUT2D eigenvalue weighted by molar-refractivity contribution is -0.141. The van der Waals surface area contributed by atoms with Crippen LogP contribution in [0.25, 0.3) is 0 Å². The zero-order valence-electron chi connectivity index (χ0n) is 8.62. The molecule has 0 radical (unpaired) electrons. The fourth-order valence-electron chi connectivity index (χ4n) is 1.11. The predicted molar refractivity (Wildman–Crippen MR) is 54.8 cm³/mol. The summed E-state index contributed by atoms with van der Waals surface area (Å²) in [7, 11) is 0. The Labute approximate surface area is 91.9 Å². The number of pyridine rings is 1. The van der Waals surface area contributed by atoms with Crippen LogP contribution in [0.2, 0.25) is 0 Å². The van der Waals surface area contributed by atoms with Gasteiger partial charge in [-0.1, -0.05) is 0 Å². The van der Waals surface area contributed by atoms with Crippen molar-refractivity contribution >= 4 is 11.9 Å². The van der Waals surface area contributed by atoms with Crippen LogP contribution in [0.3, 0.4) is 0 Å². The number of aliphatic carboxylic acids is 1. The minimum Gasteiger partial charge on any atom is -0.480 e. The van der Waals surface area contributed by atoms with Crippen LogP contribution in [0.5, 0.6) is 0 Å². The third-order valence-electron chi connectivity index (χ3n) is 1.96. The number of carbonyl (C=O) groups is 2. The van der Waals surface area contributed by atoms with Gasteiger partial charge in [0, 0.05) is 12.4 Å². The van der Waals surface area contributed by atoms with Crippen molar-refractivity contribution in [1.82, 2.24) is 10.3 Å². The van der Waals surface area contributed by atoms with Crippen LogP contribution < -0.4 is 5.32 Å². The first-order valence-corrected chi connectivity index (χ1v) is 4.64. The predicted octanol–water partition coefficient (Wildman–Crippen LogP) is -0.355. The molecule has 6 nitrogen and oxygen atoms in total. The molecule has 16 heavy (non-hydrogen) atoms. The lowest BCUT2D eigenvalue weighted by atomic mass is 10.1. The van der Waals surface area contributed by atoms with Crippen LogP contribution in [0.1, 0.15) is 17.3 Å². The number of aromatic nitrogens is 1. The van der Waals surface area contributed by atoms with E-state index in [9.17, 15) is 9.59 Å². The summed E-state index contributed by atoms with van der Waals surface area (Å²) >= 11 is 0. The van der Waals surface area contributed by atoms with Gasteiger partial charge in [0.25, 0.3) is 5.91 Å². The quantitative estimate of drug-likeness (QED) is 0.649. The van der Waals surface area contributed by atoms with Gasteiger partial charge in [-0.15, -0.1) is 0 Å². The summed E-state index contributed by atoms with van der Waals surface area (Å²) < 4.78 is 0. The fourth-order valence-corrected chi connectivity index (χ4v) is 1.11. The smallest absolute Gasteiger partial charge is 0.328 e. The molecular weight excluding hydrogens is 212 g/mol. The number of nitrogens with one attached hydrogen (secondary N) is 1. The molecule has 0 aromatic carbocycles. The highest BCUT2D eigenvalue weighted by Crippen LogP contribution is 1.99. The van der Waals surface area contributed by atoms with E-state index in [4.69, 9.17) is 10.2 Å². The third-order valence-corrected chi connectivity index (χ3v) is 1.96. The first-order valence-electron chi connectivity index (χ1n) is 4.64. The van der Waals surface area contributed by atoms with E-state index in [1.807, 2.05) is 0 Å². The molecule has 0 fully saturated rings. The van der Waals surface area contributed by atoms with E-state index < -0.39 is 24.0 Å². The van der Waals surface area contributed by atoms with Gasteiger partial charge in [0.05, 0.1) is 11.7 Å². The maximum Gasteiger partial charge on any atom is 0.328 e.